The fourth-order valence-corrected chi connectivity index (χ4v) is 1.97. The molecule has 0 unspecified atom stereocenters. The van der Waals surface area contributed by atoms with Gasteiger partial charge in [-0.1, -0.05) is 11.6 Å². The number of hydrogen-bond donors (Lipinski definition) is 0. The lowest BCUT2D eigenvalue weighted by atomic mass is 10.1. The Labute approximate surface area is 110 Å². The third-order valence-corrected chi connectivity index (χ3v) is 2.96. The van der Waals surface area contributed by atoms with Crippen LogP contribution in [0.3, 0.4) is 0 Å². The van der Waals surface area contributed by atoms with Crippen LogP contribution in [0.4, 0.5) is 0 Å². The average Bonchev–Trinajstić information content (AvgIpc) is 2.68. The molecular formula is C13H13ClN2O2. The molecule has 0 N–H and O–H groups in total. The second-order valence-corrected chi connectivity index (χ2v) is 4.38. The van der Waals surface area contributed by atoms with E-state index < -0.39 is 0 Å². The minimum Gasteiger partial charge on any atom is -0.495 e. The lowest BCUT2D eigenvalue weighted by molar-refractivity contribution is 0.103. The summed E-state index contributed by atoms with van der Waals surface area (Å²) >= 11 is 5.93. The smallest absolute Gasteiger partial charge is 0.211 e. The number of carbonyl (C=O) groups is 1. The van der Waals surface area contributed by atoms with Crippen molar-refractivity contribution in [2.45, 2.75) is 6.92 Å². The Kier molecular flexibility index (Phi) is 3.39. The molecule has 0 spiro atoms. The zero-order chi connectivity index (χ0) is 13.3. The highest BCUT2D eigenvalue weighted by atomic mass is 35.5. The molecule has 0 aliphatic rings. The lowest BCUT2D eigenvalue weighted by Crippen LogP contribution is -2.08. The van der Waals surface area contributed by atoms with Crippen LogP contribution in [-0.2, 0) is 7.05 Å². The molecule has 0 atom stereocenters. The molecule has 0 saturated heterocycles. The van der Waals surface area contributed by atoms with Crippen LogP contribution in [0, 0.1) is 6.92 Å². The molecule has 1 heterocycles. The first-order valence-corrected chi connectivity index (χ1v) is 5.79. The average molecular weight is 265 g/mol. The van der Waals surface area contributed by atoms with Crippen molar-refractivity contribution >= 4 is 17.4 Å². The van der Waals surface area contributed by atoms with Gasteiger partial charge in [0.25, 0.3) is 0 Å². The van der Waals surface area contributed by atoms with Gasteiger partial charge in [0.1, 0.15) is 11.4 Å². The van der Waals surface area contributed by atoms with Crippen molar-refractivity contribution in [1.82, 2.24) is 9.78 Å². The van der Waals surface area contributed by atoms with E-state index in [-0.39, 0.29) is 5.78 Å². The summed E-state index contributed by atoms with van der Waals surface area (Å²) in [7, 11) is 3.26. The van der Waals surface area contributed by atoms with Crippen molar-refractivity contribution in [2.75, 3.05) is 7.11 Å². The van der Waals surface area contributed by atoms with Gasteiger partial charge in [-0.3, -0.25) is 9.48 Å². The van der Waals surface area contributed by atoms with Crippen LogP contribution < -0.4 is 4.74 Å². The molecule has 1 aromatic carbocycles. The van der Waals surface area contributed by atoms with Crippen molar-refractivity contribution in [2.24, 2.45) is 7.05 Å². The van der Waals surface area contributed by atoms with E-state index >= 15 is 0 Å². The zero-order valence-corrected chi connectivity index (χ0v) is 11.2. The standard InChI is InChI=1S/C13H13ClN2O2/c1-8-6-11(16(2)15-8)13(17)9-4-5-10(14)12(7-9)18-3/h4-7H,1-3H3. The Morgan fingerprint density at radius 1 is 1.39 bits per heavy atom. The third-order valence-electron chi connectivity index (χ3n) is 2.65. The zero-order valence-electron chi connectivity index (χ0n) is 10.4. The van der Waals surface area contributed by atoms with E-state index in [1.54, 1.807) is 36.0 Å². The summed E-state index contributed by atoms with van der Waals surface area (Å²) in [5, 5.41) is 4.64. The van der Waals surface area contributed by atoms with E-state index in [1.165, 1.54) is 7.11 Å². The highest BCUT2D eigenvalue weighted by Gasteiger charge is 2.15. The summed E-state index contributed by atoms with van der Waals surface area (Å²) in [6.07, 6.45) is 0. The minimum atomic E-state index is -0.104. The highest BCUT2D eigenvalue weighted by molar-refractivity contribution is 6.32. The van der Waals surface area contributed by atoms with Crippen molar-refractivity contribution in [3.63, 3.8) is 0 Å². The molecule has 0 amide bonds. The summed E-state index contributed by atoms with van der Waals surface area (Å²) in [5.41, 5.74) is 1.87. The van der Waals surface area contributed by atoms with E-state index in [4.69, 9.17) is 16.3 Å². The number of hydrogen-bond acceptors (Lipinski definition) is 3. The van der Waals surface area contributed by atoms with E-state index in [1.807, 2.05) is 6.92 Å². The van der Waals surface area contributed by atoms with Crippen LogP contribution in [0.2, 0.25) is 5.02 Å². The molecule has 1 aromatic heterocycles. The first kappa shape index (κ1) is 12.6. The lowest BCUT2D eigenvalue weighted by Gasteiger charge is -2.06. The van der Waals surface area contributed by atoms with Gasteiger partial charge >= 0.3 is 0 Å². The van der Waals surface area contributed by atoms with Crippen LogP contribution >= 0.6 is 11.6 Å². The Bertz CT molecular complexity index is 605. The van der Waals surface area contributed by atoms with Gasteiger partial charge in [0.15, 0.2) is 0 Å². The maximum atomic E-state index is 12.3. The van der Waals surface area contributed by atoms with Gasteiger partial charge in [0.2, 0.25) is 5.78 Å². The maximum absolute atomic E-state index is 12.3. The number of rotatable bonds is 3. The molecule has 0 aliphatic heterocycles. The molecule has 2 aromatic rings. The second kappa shape index (κ2) is 4.82. The molecule has 0 saturated carbocycles. The largest absolute Gasteiger partial charge is 0.495 e. The Morgan fingerprint density at radius 2 is 2.11 bits per heavy atom. The van der Waals surface area contributed by atoms with Crippen LogP contribution in [0.1, 0.15) is 21.7 Å². The van der Waals surface area contributed by atoms with E-state index in [9.17, 15) is 4.79 Å². The molecule has 5 heteroatoms. The van der Waals surface area contributed by atoms with Gasteiger partial charge in [-0.2, -0.15) is 5.10 Å². The number of benzene rings is 1. The van der Waals surface area contributed by atoms with E-state index in [0.717, 1.165) is 5.69 Å². The fourth-order valence-electron chi connectivity index (χ4n) is 1.77. The second-order valence-electron chi connectivity index (χ2n) is 3.97. The van der Waals surface area contributed by atoms with Crippen LogP contribution in [0.25, 0.3) is 0 Å². The predicted molar refractivity (Wildman–Crippen MR) is 69.4 cm³/mol. The highest BCUT2D eigenvalue weighted by Crippen LogP contribution is 2.26. The summed E-state index contributed by atoms with van der Waals surface area (Å²) in [6, 6.07) is 6.71. The van der Waals surface area contributed by atoms with E-state index in [0.29, 0.717) is 22.0 Å². The molecule has 0 fully saturated rings. The third kappa shape index (κ3) is 2.24. The molecule has 2 rings (SSSR count). The number of ketones is 1. The molecule has 0 bridgehead atoms. The van der Waals surface area contributed by atoms with Crippen molar-refractivity contribution in [3.05, 3.63) is 46.2 Å². The molecule has 0 radical (unpaired) electrons. The SMILES string of the molecule is COc1cc(C(=O)c2cc(C)nn2C)ccc1Cl. The van der Waals surface area contributed by atoms with Gasteiger partial charge in [0, 0.05) is 12.6 Å². The summed E-state index contributed by atoms with van der Waals surface area (Å²) < 4.78 is 6.67. The van der Waals surface area contributed by atoms with Crippen molar-refractivity contribution < 1.29 is 9.53 Å². The monoisotopic (exact) mass is 264 g/mol. The number of aryl methyl sites for hydroxylation is 2. The van der Waals surface area contributed by atoms with E-state index in [2.05, 4.69) is 5.10 Å². The molecule has 0 aliphatic carbocycles. The number of carbonyl (C=O) groups excluding carboxylic acids is 1. The molecular weight excluding hydrogens is 252 g/mol. The van der Waals surface area contributed by atoms with Crippen LogP contribution in [0.15, 0.2) is 24.3 Å². The Hall–Kier alpha value is -1.81. The first-order valence-electron chi connectivity index (χ1n) is 5.42. The Balaban J connectivity index is 2.43. The number of halogens is 1. The number of methoxy groups -OCH3 is 1. The van der Waals surface area contributed by atoms with Crippen LogP contribution in [0.5, 0.6) is 5.75 Å². The summed E-state index contributed by atoms with van der Waals surface area (Å²) in [4.78, 5) is 12.3. The predicted octanol–water partition coefficient (Wildman–Crippen LogP) is 2.62. The molecule has 4 nitrogen and oxygen atoms in total. The van der Waals surface area contributed by atoms with Gasteiger partial charge in [-0.05, 0) is 31.2 Å². The van der Waals surface area contributed by atoms with Gasteiger partial charge in [0.05, 0.1) is 17.8 Å². The molecule has 94 valence electrons. The quantitative estimate of drug-likeness (QED) is 0.801. The van der Waals surface area contributed by atoms with Crippen LogP contribution in [-0.4, -0.2) is 22.7 Å². The number of aromatic nitrogens is 2. The maximum Gasteiger partial charge on any atom is 0.211 e. The van der Waals surface area contributed by atoms with Gasteiger partial charge in [-0.15, -0.1) is 0 Å². The van der Waals surface area contributed by atoms with Crippen molar-refractivity contribution in [1.29, 1.82) is 0 Å². The van der Waals surface area contributed by atoms with Gasteiger partial charge < -0.3 is 4.74 Å². The van der Waals surface area contributed by atoms with Crippen molar-refractivity contribution in [3.8, 4) is 5.75 Å². The first-order chi connectivity index (χ1) is 8.52. The molecule has 18 heavy (non-hydrogen) atoms. The number of nitrogens with zero attached hydrogens (tertiary/aromatic N) is 2. The number of ether oxygens (including phenoxy) is 1. The normalized spacial score (nSPS) is 10.4. The minimum absolute atomic E-state index is 0.104. The van der Waals surface area contributed by atoms with Gasteiger partial charge in [-0.25, -0.2) is 0 Å². The Morgan fingerprint density at radius 3 is 2.67 bits per heavy atom. The topological polar surface area (TPSA) is 44.1 Å². The summed E-state index contributed by atoms with van der Waals surface area (Å²) in [6.45, 7) is 1.85. The fraction of sp³-hybridized carbons (Fsp3) is 0.231. The summed E-state index contributed by atoms with van der Waals surface area (Å²) in [5.74, 6) is 0.384.